The molecule has 4 rings (SSSR count). The Kier molecular flexibility index (Phi) is 4.03. The van der Waals surface area contributed by atoms with E-state index in [1.807, 2.05) is 12.1 Å². The average molecular weight is 326 g/mol. The molecule has 1 aliphatic rings. The molecule has 3 aromatic rings. The van der Waals surface area contributed by atoms with Crippen molar-refractivity contribution in [3.63, 3.8) is 0 Å². The van der Waals surface area contributed by atoms with E-state index >= 15 is 0 Å². The molecule has 1 heteroatoms. The van der Waals surface area contributed by atoms with Gasteiger partial charge in [-0.25, -0.2) is 0 Å². The molecule has 3 aromatic carbocycles. The van der Waals surface area contributed by atoms with Crippen LogP contribution >= 0.6 is 0 Å². The van der Waals surface area contributed by atoms with E-state index in [0.29, 0.717) is 5.92 Å². The predicted molar refractivity (Wildman–Crippen MR) is 106 cm³/mol. The molecule has 0 amide bonds. The second-order valence-electron chi connectivity index (χ2n) is 6.88. The van der Waals surface area contributed by atoms with Crippen molar-refractivity contribution in [2.24, 2.45) is 0 Å². The van der Waals surface area contributed by atoms with Crippen molar-refractivity contribution < 1.29 is 5.11 Å². The van der Waals surface area contributed by atoms with Gasteiger partial charge in [-0.3, -0.25) is 0 Å². The van der Waals surface area contributed by atoms with E-state index in [-0.39, 0.29) is 6.61 Å². The number of allylic oxidation sites excluding steroid dienone is 4. The number of rotatable bonds is 3. The number of benzene rings is 3. The van der Waals surface area contributed by atoms with Crippen molar-refractivity contribution in [2.75, 3.05) is 0 Å². The summed E-state index contributed by atoms with van der Waals surface area (Å²) in [6.07, 6.45) is 4.63. The lowest BCUT2D eigenvalue weighted by Gasteiger charge is -2.19. The van der Waals surface area contributed by atoms with E-state index in [9.17, 15) is 5.11 Å². The van der Waals surface area contributed by atoms with Gasteiger partial charge in [0.15, 0.2) is 0 Å². The largest absolute Gasteiger partial charge is 0.392 e. The fourth-order valence-corrected chi connectivity index (χ4v) is 3.87. The second-order valence-corrected chi connectivity index (χ2v) is 6.88. The first-order chi connectivity index (χ1) is 12.2. The lowest BCUT2D eigenvalue weighted by Crippen LogP contribution is -1.99. The molecule has 0 fully saturated rings. The summed E-state index contributed by atoms with van der Waals surface area (Å²) in [4.78, 5) is 0. The molecule has 0 saturated carbocycles. The molecule has 1 atom stereocenters. The molecule has 1 nitrogen and oxygen atoms in total. The lowest BCUT2D eigenvalue weighted by atomic mass is 9.84. The zero-order chi connectivity index (χ0) is 17.4. The second kappa shape index (κ2) is 6.34. The Bertz CT molecular complexity index is 990. The Hall–Kier alpha value is -2.64. The lowest BCUT2D eigenvalue weighted by molar-refractivity contribution is 0.282. The zero-order valence-electron chi connectivity index (χ0n) is 14.7. The van der Waals surface area contributed by atoms with Crippen LogP contribution in [0.4, 0.5) is 0 Å². The van der Waals surface area contributed by atoms with Crippen LogP contribution in [0.2, 0.25) is 0 Å². The van der Waals surface area contributed by atoms with Gasteiger partial charge in [0, 0.05) is 5.92 Å². The number of hydrogen-bond donors (Lipinski definition) is 1. The fourth-order valence-electron chi connectivity index (χ4n) is 3.87. The average Bonchev–Trinajstić information content (AvgIpc) is 2.99. The summed E-state index contributed by atoms with van der Waals surface area (Å²) >= 11 is 0. The van der Waals surface area contributed by atoms with Gasteiger partial charge in [-0.2, -0.15) is 0 Å². The number of fused-ring (bicyclic) bond motifs is 1. The Balaban J connectivity index is 1.98. The minimum Gasteiger partial charge on any atom is -0.392 e. The van der Waals surface area contributed by atoms with Gasteiger partial charge in [0.05, 0.1) is 6.61 Å². The minimum atomic E-state index is 0.0785. The molecule has 0 aromatic heterocycles. The molecule has 0 heterocycles. The Labute approximate surface area is 148 Å². The molecule has 0 radical (unpaired) electrons. The molecule has 1 aliphatic carbocycles. The predicted octanol–water partition coefficient (Wildman–Crippen LogP) is 5.99. The zero-order valence-corrected chi connectivity index (χ0v) is 14.7. The van der Waals surface area contributed by atoms with Crippen LogP contribution in [0, 0.1) is 0 Å². The SMILES string of the molecule is CC1=CC(c2ccc3ccccc3c2-c2ccc(CO)cc2)C(C)=C1. The van der Waals surface area contributed by atoms with Crippen molar-refractivity contribution in [1.29, 1.82) is 0 Å². The van der Waals surface area contributed by atoms with Crippen LogP contribution in [0.1, 0.15) is 30.9 Å². The van der Waals surface area contributed by atoms with Gasteiger partial charge in [0.25, 0.3) is 0 Å². The van der Waals surface area contributed by atoms with E-state index < -0.39 is 0 Å². The maximum atomic E-state index is 9.35. The summed E-state index contributed by atoms with van der Waals surface area (Å²) in [6.45, 7) is 4.46. The summed E-state index contributed by atoms with van der Waals surface area (Å²) in [7, 11) is 0. The Morgan fingerprint density at radius 1 is 0.880 bits per heavy atom. The van der Waals surface area contributed by atoms with Gasteiger partial charge in [-0.05, 0) is 46.9 Å². The number of aliphatic hydroxyl groups is 1. The molecule has 0 bridgehead atoms. The van der Waals surface area contributed by atoms with E-state index in [1.165, 1.54) is 38.6 Å². The van der Waals surface area contributed by atoms with E-state index in [1.54, 1.807) is 0 Å². The highest BCUT2D eigenvalue weighted by atomic mass is 16.3. The molecule has 1 N–H and O–H groups in total. The summed E-state index contributed by atoms with van der Waals surface area (Å²) in [5, 5.41) is 11.9. The van der Waals surface area contributed by atoms with Crippen LogP contribution in [0.25, 0.3) is 21.9 Å². The molecule has 1 unspecified atom stereocenters. The third kappa shape index (κ3) is 2.81. The third-order valence-corrected chi connectivity index (χ3v) is 5.10. The maximum Gasteiger partial charge on any atom is 0.0681 e. The van der Waals surface area contributed by atoms with Crippen molar-refractivity contribution in [2.45, 2.75) is 26.4 Å². The van der Waals surface area contributed by atoms with Crippen molar-refractivity contribution in [1.82, 2.24) is 0 Å². The summed E-state index contributed by atoms with van der Waals surface area (Å²) in [5.41, 5.74) is 7.51. The Morgan fingerprint density at radius 3 is 2.32 bits per heavy atom. The van der Waals surface area contributed by atoms with Gasteiger partial charge >= 0.3 is 0 Å². The first-order valence-electron chi connectivity index (χ1n) is 8.76. The number of aliphatic hydroxyl groups excluding tert-OH is 1. The summed E-state index contributed by atoms with van der Waals surface area (Å²) < 4.78 is 0. The highest BCUT2D eigenvalue weighted by molar-refractivity contribution is 5.99. The van der Waals surface area contributed by atoms with Gasteiger partial charge in [0.2, 0.25) is 0 Å². The number of hydrogen-bond acceptors (Lipinski definition) is 1. The maximum absolute atomic E-state index is 9.35. The third-order valence-electron chi connectivity index (χ3n) is 5.10. The topological polar surface area (TPSA) is 20.2 Å². The minimum absolute atomic E-state index is 0.0785. The molecule has 0 aliphatic heterocycles. The van der Waals surface area contributed by atoms with Crippen LogP contribution in [0.15, 0.2) is 84.0 Å². The van der Waals surface area contributed by atoms with Crippen LogP contribution < -0.4 is 0 Å². The molecule has 0 saturated heterocycles. The molecular formula is C24H22O. The highest BCUT2D eigenvalue weighted by Crippen LogP contribution is 2.41. The Morgan fingerprint density at radius 2 is 1.64 bits per heavy atom. The normalized spacial score (nSPS) is 16.8. The summed E-state index contributed by atoms with van der Waals surface area (Å²) in [5.74, 6) is 0.331. The van der Waals surface area contributed by atoms with Gasteiger partial charge in [0.1, 0.15) is 0 Å². The van der Waals surface area contributed by atoms with Gasteiger partial charge in [-0.1, -0.05) is 84.0 Å². The fraction of sp³-hybridized carbons (Fsp3) is 0.167. The van der Waals surface area contributed by atoms with Crippen molar-refractivity contribution in [3.05, 3.63) is 95.1 Å². The monoisotopic (exact) mass is 326 g/mol. The summed E-state index contributed by atoms with van der Waals surface area (Å²) in [6, 6.07) is 21.4. The quantitative estimate of drug-likeness (QED) is 0.627. The molecule has 25 heavy (non-hydrogen) atoms. The van der Waals surface area contributed by atoms with Gasteiger partial charge in [-0.15, -0.1) is 0 Å². The first kappa shape index (κ1) is 15.9. The van der Waals surface area contributed by atoms with Crippen LogP contribution in [-0.2, 0) is 6.61 Å². The van der Waals surface area contributed by atoms with Gasteiger partial charge < -0.3 is 5.11 Å². The smallest absolute Gasteiger partial charge is 0.0681 e. The van der Waals surface area contributed by atoms with Crippen LogP contribution in [0.5, 0.6) is 0 Å². The molecule has 124 valence electrons. The van der Waals surface area contributed by atoms with Crippen molar-refractivity contribution in [3.8, 4) is 11.1 Å². The van der Waals surface area contributed by atoms with E-state index in [4.69, 9.17) is 0 Å². The first-order valence-corrected chi connectivity index (χ1v) is 8.76. The van der Waals surface area contributed by atoms with E-state index in [0.717, 1.165) is 5.56 Å². The standard InChI is InChI=1S/C24H22O/c1-16-13-17(2)23(14-16)22-12-11-19-5-3-4-6-21(19)24(22)20-9-7-18(15-25)8-10-20/h3-14,23,25H,15H2,1-2H3. The van der Waals surface area contributed by atoms with Crippen molar-refractivity contribution >= 4 is 10.8 Å². The van der Waals surface area contributed by atoms with E-state index in [2.05, 4.69) is 74.5 Å². The molecule has 0 spiro atoms. The molecular weight excluding hydrogens is 304 g/mol. The van der Waals surface area contributed by atoms with Crippen LogP contribution in [-0.4, -0.2) is 5.11 Å². The van der Waals surface area contributed by atoms with Crippen LogP contribution in [0.3, 0.4) is 0 Å². The highest BCUT2D eigenvalue weighted by Gasteiger charge is 2.21.